The van der Waals surface area contributed by atoms with Gasteiger partial charge >= 0.3 is 0 Å². The molecule has 2 heterocycles. The molecule has 0 saturated carbocycles. The number of hydrogen-bond donors (Lipinski definition) is 1. The van der Waals surface area contributed by atoms with Crippen molar-refractivity contribution >= 4 is 0 Å². The molecule has 3 rings (SSSR count). The molecule has 0 aromatic carbocycles. The molecule has 1 aliphatic carbocycles. The number of rotatable bonds is 0. The van der Waals surface area contributed by atoms with Crippen LogP contribution in [0.3, 0.4) is 0 Å². The van der Waals surface area contributed by atoms with Gasteiger partial charge in [-0.25, -0.2) is 10.4 Å². The van der Waals surface area contributed by atoms with E-state index >= 15 is 0 Å². The number of fused-ring (bicyclic) bond motifs is 3. The molecule has 0 aromatic rings. The van der Waals surface area contributed by atoms with Crippen LogP contribution in [0.5, 0.6) is 0 Å². The molecule has 9 heavy (non-hydrogen) atoms. The Kier molecular flexibility index (Phi) is 0.541. The Morgan fingerprint density at radius 2 is 2.44 bits per heavy atom. The van der Waals surface area contributed by atoms with Gasteiger partial charge in [-0.05, 0) is 19.3 Å². The lowest BCUT2D eigenvalue weighted by atomic mass is 9.92. The van der Waals surface area contributed by atoms with Gasteiger partial charge in [-0.3, -0.25) is 0 Å². The zero-order chi connectivity index (χ0) is 5.90. The molecule has 0 aromatic heterocycles. The summed E-state index contributed by atoms with van der Waals surface area (Å²) in [6.07, 6.45) is 9.34. The lowest BCUT2D eigenvalue weighted by molar-refractivity contribution is 0.335. The van der Waals surface area contributed by atoms with Gasteiger partial charge in [0, 0.05) is 0 Å². The highest BCUT2D eigenvalue weighted by molar-refractivity contribution is 5.27. The van der Waals surface area contributed by atoms with Gasteiger partial charge in [-0.2, -0.15) is 0 Å². The fraction of sp³-hybridized carbons (Fsp3) is 0.714. The van der Waals surface area contributed by atoms with Crippen molar-refractivity contribution < 1.29 is 0 Å². The van der Waals surface area contributed by atoms with Crippen molar-refractivity contribution in [2.24, 2.45) is 0 Å². The van der Waals surface area contributed by atoms with E-state index in [9.17, 15) is 0 Å². The summed E-state index contributed by atoms with van der Waals surface area (Å²) in [5.74, 6) is 0. The van der Waals surface area contributed by atoms with Crippen molar-refractivity contribution in [3.8, 4) is 0 Å². The number of nitrogens with zero attached hydrogens (tertiary/aromatic N) is 1. The highest BCUT2D eigenvalue weighted by Gasteiger charge is 2.74. The molecule has 2 fully saturated rings. The molecule has 3 aliphatic rings. The molecule has 48 valence electrons. The quantitative estimate of drug-likeness (QED) is 0.376. The van der Waals surface area contributed by atoms with Gasteiger partial charge in [0.1, 0.15) is 6.17 Å². The average Bonchev–Trinajstić information content (AvgIpc) is 2.76. The van der Waals surface area contributed by atoms with Crippen LogP contribution in [0, 0.1) is 0 Å². The summed E-state index contributed by atoms with van der Waals surface area (Å²) in [7, 11) is 0. The average molecular weight is 122 g/mol. The predicted octanol–water partition coefficient (Wildman–Crippen LogP) is 0.625. The van der Waals surface area contributed by atoms with Gasteiger partial charge in [0.25, 0.3) is 0 Å². The number of hydrazine groups is 1. The summed E-state index contributed by atoms with van der Waals surface area (Å²) in [6, 6.07) is 0. The lowest BCUT2D eigenvalue weighted by Crippen LogP contribution is -2.33. The van der Waals surface area contributed by atoms with Crippen molar-refractivity contribution in [2.45, 2.75) is 31.0 Å². The fourth-order valence-corrected chi connectivity index (χ4v) is 1.96. The first kappa shape index (κ1) is 4.47. The smallest absolute Gasteiger partial charge is 0.107 e. The molecular weight excluding hydrogens is 112 g/mol. The van der Waals surface area contributed by atoms with Crippen molar-refractivity contribution in [3.05, 3.63) is 12.2 Å². The third-order valence-corrected chi connectivity index (χ3v) is 2.75. The molecule has 2 aliphatic heterocycles. The second kappa shape index (κ2) is 1.09. The maximum absolute atomic E-state index is 3.25. The van der Waals surface area contributed by atoms with E-state index in [-0.39, 0.29) is 0 Å². The molecule has 1 N–H and O–H groups in total. The molecule has 1 spiro atoms. The molecule has 0 amide bonds. The molecule has 3 atom stereocenters. The van der Waals surface area contributed by atoms with Crippen LogP contribution in [0.1, 0.15) is 19.3 Å². The summed E-state index contributed by atoms with van der Waals surface area (Å²) < 4.78 is 0. The summed E-state index contributed by atoms with van der Waals surface area (Å²) in [6.45, 7) is 0. The zero-order valence-corrected chi connectivity index (χ0v) is 5.30. The molecule has 2 saturated heterocycles. The van der Waals surface area contributed by atoms with Gasteiger partial charge in [-0.15, -0.1) is 0 Å². The van der Waals surface area contributed by atoms with E-state index in [0.717, 1.165) is 6.17 Å². The van der Waals surface area contributed by atoms with Gasteiger partial charge in [0.15, 0.2) is 0 Å². The van der Waals surface area contributed by atoms with Crippen LogP contribution < -0.4 is 5.43 Å². The van der Waals surface area contributed by atoms with Crippen LogP contribution in [0.4, 0.5) is 0 Å². The van der Waals surface area contributed by atoms with Crippen LogP contribution in [0.2, 0.25) is 0 Å². The van der Waals surface area contributed by atoms with Gasteiger partial charge < -0.3 is 0 Å². The Balaban J connectivity index is 1.87. The Bertz CT molecular complexity index is 177. The lowest BCUT2D eigenvalue weighted by Gasteiger charge is -2.21. The van der Waals surface area contributed by atoms with Crippen LogP contribution in [-0.4, -0.2) is 16.7 Å². The van der Waals surface area contributed by atoms with Gasteiger partial charge in [0.2, 0.25) is 0 Å². The van der Waals surface area contributed by atoms with E-state index in [0.29, 0.717) is 5.54 Å². The summed E-state index contributed by atoms with van der Waals surface area (Å²) in [5, 5.41) is 2.37. The van der Waals surface area contributed by atoms with Crippen molar-refractivity contribution in [1.82, 2.24) is 10.4 Å². The van der Waals surface area contributed by atoms with E-state index in [1.54, 1.807) is 0 Å². The minimum absolute atomic E-state index is 0.620. The largest absolute Gasteiger partial charge is 0.232 e. The van der Waals surface area contributed by atoms with Crippen molar-refractivity contribution in [3.63, 3.8) is 0 Å². The van der Waals surface area contributed by atoms with Crippen molar-refractivity contribution in [2.75, 3.05) is 0 Å². The van der Waals surface area contributed by atoms with Crippen LogP contribution in [0.25, 0.3) is 0 Å². The number of allylic oxidation sites excluding steroid dienone is 1. The SMILES string of the molecule is C1=CCC2(CC1)C1NN12. The van der Waals surface area contributed by atoms with Crippen molar-refractivity contribution in [1.29, 1.82) is 0 Å². The Hall–Kier alpha value is -0.340. The molecule has 3 unspecified atom stereocenters. The Morgan fingerprint density at radius 3 is 2.78 bits per heavy atom. The number of hydrogen-bond acceptors (Lipinski definition) is 2. The molecule has 2 nitrogen and oxygen atoms in total. The monoisotopic (exact) mass is 122 g/mol. The molecule has 2 heteroatoms. The normalized spacial score (nSPS) is 59.6. The van der Waals surface area contributed by atoms with Crippen LogP contribution in [-0.2, 0) is 0 Å². The third kappa shape index (κ3) is 0.373. The summed E-state index contributed by atoms with van der Waals surface area (Å²) >= 11 is 0. The highest BCUT2D eigenvalue weighted by atomic mass is 15.9. The van der Waals surface area contributed by atoms with E-state index in [1.807, 2.05) is 0 Å². The predicted molar refractivity (Wildman–Crippen MR) is 34.5 cm³/mol. The van der Waals surface area contributed by atoms with E-state index < -0.39 is 0 Å². The van der Waals surface area contributed by atoms with Crippen LogP contribution >= 0.6 is 0 Å². The Morgan fingerprint density at radius 1 is 1.56 bits per heavy atom. The van der Waals surface area contributed by atoms with Gasteiger partial charge in [-0.1, -0.05) is 12.2 Å². The van der Waals surface area contributed by atoms with E-state index in [1.165, 1.54) is 19.3 Å². The third-order valence-electron chi connectivity index (χ3n) is 2.75. The highest BCUT2D eigenvalue weighted by Crippen LogP contribution is 2.55. The summed E-state index contributed by atoms with van der Waals surface area (Å²) in [4.78, 5) is 0. The van der Waals surface area contributed by atoms with Crippen LogP contribution in [0.15, 0.2) is 12.2 Å². The van der Waals surface area contributed by atoms with E-state index in [2.05, 4.69) is 22.6 Å². The standard InChI is InChI=1S/C7H10N2/c1-2-4-7(5-3-1)6-8-9(6)7/h1-2,6,8H,3-5H2. The van der Waals surface area contributed by atoms with Gasteiger partial charge in [0.05, 0.1) is 5.54 Å². The molecule has 0 radical (unpaired) electrons. The molecule has 0 bridgehead atoms. The minimum atomic E-state index is 0.620. The second-order valence-electron chi connectivity index (χ2n) is 3.22. The summed E-state index contributed by atoms with van der Waals surface area (Å²) in [5.41, 5.74) is 3.87. The van der Waals surface area contributed by atoms with E-state index in [4.69, 9.17) is 0 Å². The fourth-order valence-electron chi connectivity index (χ4n) is 1.96. The number of nitrogens with one attached hydrogen (secondary N) is 1. The topological polar surface area (TPSA) is 25.0 Å². The first-order chi connectivity index (χ1) is 4.43. The zero-order valence-electron chi connectivity index (χ0n) is 5.30. The molecular formula is C7H10N2. The first-order valence-corrected chi connectivity index (χ1v) is 3.64. The second-order valence-corrected chi connectivity index (χ2v) is 3.22. The minimum Gasteiger partial charge on any atom is -0.232 e. The Labute approximate surface area is 54.5 Å². The maximum Gasteiger partial charge on any atom is 0.107 e. The first-order valence-electron chi connectivity index (χ1n) is 3.64. The maximum atomic E-state index is 3.25.